The van der Waals surface area contributed by atoms with E-state index in [9.17, 15) is 0 Å². The summed E-state index contributed by atoms with van der Waals surface area (Å²) in [6.07, 6.45) is 5.74. The lowest BCUT2D eigenvalue weighted by Gasteiger charge is -1.97. The van der Waals surface area contributed by atoms with Crippen molar-refractivity contribution in [2.24, 2.45) is 0 Å². The molecule has 0 saturated carbocycles. The van der Waals surface area contributed by atoms with Gasteiger partial charge in [0.05, 0.1) is 0 Å². The van der Waals surface area contributed by atoms with Gasteiger partial charge in [-0.25, -0.2) is 9.97 Å². The summed E-state index contributed by atoms with van der Waals surface area (Å²) in [5.74, 6) is 0. The van der Waals surface area contributed by atoms with E-state index in [2.05, 4.69) is 20.2 Å². The van der Waals surface area contributed by atoms with Gasteiger partial charge in [-0.1, -0.05) is 4.85 Å². The molecule has 0 amide bonds. The van der Waals surface area contributed by atoms with Crippen LogP contribution in [0.25, 0.3) is 0 Å². The van der Waals surface area contributed by atoms with Gasteiger partial charge in [-0.15, -0.1) is 10.2 Å². The minimum Gasteiger partial charge on any atom is -0.297 e. The summed E-state index contributed by atoms with van der Waals surface area (Å²) in [4.78, 5) is 8.63. The lowest BCUT2D eigenvalue weighted by molar-refractivity contribution is 0.271. The minimum atomic E-state index is 0.988. The summed E-state index contributed by atoms with van der Waals surface area (Å²) < 4.78 is 6.46. The van der Waals surface area contributed by atoms with Crippen molar-refractivity contribution in [2.45, 2.75) is 0 Å². The highest BCUT2D eigenvalue weighted by molar-refractivity contribution is 7.93. The summed E-state index contributed by atoms with van der Waals surface area (Å²) >= 11 is 0.988. The molecule has 0 aliphatic rings. The zero-order chi connectivity index (χ0) is 8.23. The van der Waals surface area contributed by atoms with Gasteiger partial charge in [0.25, 0.3) is 0 Å². The molecule has 0 spiro atoms. The zero-order valence-corrected chi connectivity index (χ0v) is 6.63. The van der Waals surface area contributed by atoms with Gasteiger partial charge in [0.15, 0.2) is 6.33 Å². The second-order valence-corrected chi connectivity index (χ2v) is 2.42. The summed E-state index contributed by atoms with van der Waals surface area (Å²) in [5.41, 5.74) is 0. The molecule has 7 nitrogen and oxygen atoms in total. The molecule has 2 rings (SSSR count). The van der Waals surface area contributed by atoms with Gasteiger partial charge < -0.3 is 0 Å². The van der Waals surface area contributed by atoms with Crippen LogP contribution in [0.4, 0.5) is 0 Å². The summed E-state index contributed by atoms with van der Waals surface area (Å²) in [5, 5.41) is 7.51. The monoisotopic (exact) mass is 184 g/mol. The average Bonchev–Trinajstić information content (AvgIpc) is 2.74. The first-order valence-corrected chi connectivity index (χ1v) is 3.70. The van der Waals surface area contributed by atoms with Gasteiger partial charge in [-0.3, -0.25) is 4.28 Å². The van der Waals surface area contributed by atoms with Crippen LogP contribution < -0.4 is 4.28 Å². The molecule has 0 saturated heterocycles. The van der Waals surface area contributed by atoms with Gasteiger partial charge in [-0.05, 0) is 0 Å². The highest BCUT2D eigenvalue weighted by Crippen LogP contribution is 1.97. The maximum Gasteiger partial charge on any atom is 0.233 e. The summed E-state index contributed by atoms with van der Waals surface area (Å²) in [6, 6.07) is 0. The molecule has 0 N–H and O–H groups in total. The second kappa shape index (κ2) is 3.22. The Hall–Kier alpha value is -1.57. The molecule has 2 heterocycles. The van der Waals surface area contributed by atoms with E-state index in [0.717, 1.165) is 12.2 Å². The molecule has 0 bridgehead atoms. The maximum absolute atomic E-state index is 5.01. The third kappa shape index (κ3) is 1.53. The first-order chi connectivity index (χ1) is 5.95. The smallest absolute Gasteiger partial charge is 0.233 e. The standard InChI is InChI=1S/C4H4N6OS/c1-5-3-9(7-1)11-12-10-4-6-2-8-10/h1-4H. The van der Waals surface area contributed by atoms with Crippen LogP contribution in [0.1, 0.15) is 0 Å². The van der Waals surface area contributed by atoms with Crippen molar-refractivity contribution in [1.82, 2.24) is 29.1 Å². The number of nitrogens with zero attached hydrogens (tertiary/aromatic N) is 6. The van der Waals surface area contributed by atoms with E-state index in [0.29, 0.717) is 0 Å². The predicted molar refractivity (Wildman–Crippen MR) is 39.6 cm³/mol. The molecule has 2 aromatic heterocycles. The molecular formula is C4H4N6OS. The second-order valence-electron chi connectivity index (χ2n) is 1.75. The molecule has 62 valence electrons. The van der Waals surface area contributed by atoms with Crippen molar-refractivity contribution in [3.63, 3.8) is 0 Å². The third-order valence-corrected chi connectivity index (χ3v) is 1.54. The van der Waals surface area contributed by atoms with Crippen molar-refractivity contribution in [3.05, 3.63) is 25.3 Å². The van der Waals surface area contributed by atoms with Crippen molar-refractivity contribution < 1.29 is 4.28 Å². The molecule has 0 radical (unpaired) electrons. The quantitative estimate of drug-likeness (QED) is 0.594. The van der Waals surface area contributed by atoms with Crippen LogP contribution >= 0.6 is 12.2 Å². The lowest BCUT2D eigenvalue weighted by Crippen LogP contribution is -2.06. The normalized spacial score (nSPS) is 10.0. The maximum atomic E-state index is 5.01. The molecule has 2 aromatic rings. The number of hydrogen-bond acceptors (Lipinski definition) is 6. The van der Waals surface area contributed by atoms with E-state index >= 15 is 0 Å². The third-order valence-electron chi connectivity index (χ3n) is 0.981. The Morgan fingerprint density at radius 3 is 2.58 bits per heavy atom. The van der Waals surface area contributed by atoms with Gasteiger partial charge in [0.2, 0.25) is 12.2 Å². The van der Waals surface area contributed by atoms with Crippen LogP contribution in [0.15, 0.2) is 25.3 Å². The van der Waals surface area contributed by atoms with Crippen molar-refractivity contribution in [2.75, 3.05) is 0 Å². The van der Waals surface area contributed by atoms with Crippen LogP contribution in [0.3, 0.4) is 0 Å². The van der Waals surface area contributed by atoms with E-state index in [4.69, 9.17) is 4.28 Å². The molecule has 12 heavy (non-hydrogen) atoms. The first kappa shape index (κ1) is 7.10. The molecule has 0 aliphatic heterocycles. The predicted octanol–water partition coefficient (Wildman–Crippen LogP) is -0.590. The number of aromatic nitrogens is 6. The minimum absolute atomic E-state index is 0.988. The molecular weight excluding hydrogens is 180 g/mol. The van der Waals surface area contributed by atoms with Gasteiger partial charge in [-0.2, -0.15) is 4.09 Å². The Morgan fingerprint density at radius 2 is 1.92 bits per heavy atom. The molecule has 0 aliphatic carbocycles. The lowest BCUT2D eigenvalue weighted by atomic mass is 11.3. The van der Waals surface area contributed by atoms with Crippen LogP contribution in [-0.4, -0.2) is 29.1 Å². The van der Waals surface area contributed by atoms with Gasteiger partial charge in [0, 0.05) is 0 Å². The molecule has 0 atom stereocenters. The number of hydrogen-bond donors (Lipinski definition) is 0. The summed E-state index contributed by atoms with van der Waals surface area (Å²) in [6.45, 7) is 0. The highest BCUT2D eigenvalue weighted by atomic mass is 32.2. The fraction of sp³-hybridized carbons (Fsp3) is 0. The SMILES string of the molecule is c1ncn(OSn2cncn2)n1. The molecule has 0 fully saturated rings. The molecule has 0 unspecified atom stereocenters. The zero-order valence-electron chi connectivity index (χ0n) is 5.81. The molecule has 8 heteroatoms. The van der Waals surface area contributed by atoms with E-state index < -0.39 is 0 Å². The van der Waals surface area contributed by atoms with Crippen LogP contribution in [0.5, 0.6) is 0 Å². The fourth-order valence-corrected chi connectivity index (χ4v) is 0.927. The first-order valence-electron chi connectivity index (χ1n) is 3.00. The van der Waals surface area contributed by atoms with Gasteiger partial charge in [0.1, 0.15) is 19.0 Å². The Morgan fingerprint density at radius 1 is 1.08 bits per heavy atom. The molecule has 0 aromatic carbocycles. The van der Waals surface area contributed by atoms with Gasteiger partial charge >= 0.3 is 0 Å². The van der Waals surface area contributed by atoms with E-state index in [1.54, 1.807) is 0 Å². The van der Waals surface area contributed by atoms with Crippen molar-refractivity contribution >= 4 is 12.2 Å². The topological polar surface area (TPSA) is 70.7 Å². The van der Waals surface area contributed by atoms with Crippen LogP contribution in [-0.2, 0) is 0 Å². The summed E-state index contributed by atoms with van der Waals surface area (Å²) in [7, 11) is 0. The van der Waals surface area contributed by atoms with Crippen molar-refractivity contribution in [1.29, 1.82) is 0 Å². The Labute approximate surface area is 71.7 Å². The Kier molecular flexibility index (Phi) is 1.90. The van der Waals surface area contributed by atoms with E-state index in [1.165, 1.54) is 34.2 Å². The number of rotatable bonds is 3. The average molecular weight is 184 g/mol. The van der Waals surface area contributed by atoms with Crippen LogP contribution in [0.2, 0.25) is 0 Å². The van der Waals surface area contributed by atoms with Crippen molar-refractivity contribution in [3.8, 4) is 0 Å². The van der Waals surface area contributed by atoms with E-state index in [-0.39, 0.29) is 0 Å². The highest BCUT2D eigenvalue weighted by Gasteiger charge is 1.94. The largest absolute Gasteiger partial charge is 0.297 e. The fourth-order valence-electron chi connectivity index (χ4n) is 0.540. The Bertz CT molecular complexity index is 283. The van der Waals surface area contributed by atoms with E-state index in [1.807, 2.05) is 0 Å². The van der Waals surface area contributed by atoms with Crippen LogP contribution in [0, 0.1) is 0 Å². The Balaban J connectivity index is 1.91.